The SMILES string of the molecule is CC(C)CCCC(C)N=Cc1c(-c2ccccc2)ccc(C(C)(C)c2ccccc2)c1O. The smallest absolute Gasteiger partial charge is 0.129 e. The Balaban J connectivity index is 2.02. The van der Waals surface area contributed by atoms with Gasteiger partial charge in [-0.15, -0.1) is 0 Å². The van der Waals surface area contributed by atoms with E-state index >= 15 is 0 Å². The minimum absolute atomic E-state index is 0.225. The standard InChI is InChI=1S/C30H37NO/c1-22(2)13-12-14-23(3)31-21-27-26(24-15-8-6-9-16-24)19-20-28(29(27)32)30(4,5)25-17-10-7-11-18-25/h6-11,15-23,32H,12-14H2,1-5H3. The van der Waals surface area contributed by atoms with Crippen LogP contribution in [0.3, 0.4) is 0 Å². The fraction of sp³-hybridized carbons (Fsp3) is 0.367. The van der Waals surface area contributed by atoms with Crippen LogP contribution in [0.15, 0.2) is 77.8 Å². The lowest BCUT2D eigenvalue weighted by Gasteiger charge is -2.28. The predicted octanol–water partition coefficient (Wildman–Crippen LogP) is 8.02. The summed E-state index contributed by atoms with van der Waals surface area (Å²) in [5, 5.41) is 11.5. The summed E-state index contributed by atoms with van der Waals surface area (Å²) in [4.78, 5) is 4.85. The summed E-state index contributed by atoms with van der Waals surface area (Å²) in [6, 6.07) is 25.0. The van der Waals surface area contributed by atoms with E-state index in [1.54, 1.807) is 0 Å². The highest BCUT2D eigenvalue weighted by molar-refractivity contribution is 5.94. The Kier molecular flexibility index (Phi) is 7.90. The van der Waals surface area contributed by atoms with Crippen LogP contribution in [-0.4, -0.2) is 17.4 Å². The molecule has 0 aliphatic rings. The molecule has 2 heteroatoms. The summed E-state index contributed by atoms with van der Waals surface area (Å²) in [5.41, 5.74) is 4.65. The number of phenolic OH excluding ortho intramolecular Hbond substituents is 1. The fourth-order valence-electron chi connectivity index (χ4n) is 4.22. The highest BCUT2D eigenvalue weighted by Crippen LogP contribution is 2.41. The van der Waals surface area contributed by atoms with Crippen molar-refractivity contribution < 1.29 is 5.11 Å². The number of hydrogen-bond acceptors (Lipinski definition) is 2. The molecular formula is C30H37NO. The molecule has 0 spiro atoms. The van der Waals surface area contributed by atoms with Crippen LogP contribution >= 0.6 is 0 Å². The highest BCUT2D eigenvalue weighted by Gasteiger charge is 2.28. The van der Waals surface area contributed by atoms with Crippen molar-refractivity contribution in [2.45, 2.75) is 65.3 Å². The third-order valence-corrected chi connectivity index (χ3v) is 6.33. The molecule has 2 nitrogen and oxygen atoms in total. The molecule has 0 fully saturated rings. The average molecular weight is 428 g/mol. The number of benzene rings is 3. The Labute approximate surface area is 194 Å². The molecule has 0 saturated heterocycles. The third-order valence-electron chi connectivity index (χ3n) is 6.33. The molecule has 168 valence electrons. The second kappa shape index (κ2) is 10.6. The Morgan fingerprint density at radius 1 is 0.844 bits per heavy atom. The largest absolute Gasteiger partial charge is 0.507 e. The number of aromatic hydroxyl groups is 1. The van der Waals surface area contributed by atoms with Crippen LogP contribution in [0.1, 0.15) is 70.6 Å². The second-order valence-corrected chi connectivity index (χ2v) is 9.73. The lowest BCUT2D eigenvalue weighted by Crippen LogP contribution is -2.19. The first-order valence-corrected chi connectivity index (χ1v) is 11.8. The van der Waals surface area contributed by atoms with Crippen molar-refractivity contribution in [2.75, 3.05) is 0 Å². The maximum absolute atomic E-state index is 11.5. The highest BCUT2D eigenvalue weighted by atomic mass is 16.3. The van der Waals surface area contributed by atoms with Gasteiger partial charge in [0.2, 0.25) is 0 Å². The van der Waals surface area contributed by atoms with Gasteiger partial charge in [0.1, 0.15) is 5.75 Å². The Bertz CT molecular complexity index is 1020. The van der Waals surface area contributed by atoms with Gasteiger partial charge in [-0.3, -0.25) is 4.99 Å². The van der Waals surface area contributed by atoms with Crippen LogP contribution in [-0.2, 0) is 5.41 Å². The van der Waals surface area contributed by atoms with Crippen LogP contribution < -0.4 is 0 Å². The summed E-state index contributed by atoms with van der Waals surface area (Å²) < 4.78 is 0. The normalized spacial score (nSPS) is 13.1. The minimum atomic E-state index is -0.327. The first-order valence-electron chi connectivity index (χ1n) is 11.8. The molecule has 0 aliphatic heterocycles. The van der Waals surface area contributed by atoms with E-state index in [-0.39, 0.29) is 11.5 Å². The molecule has 1 unspecified atom stereocenters. The van der Waals surface area contributed by atoms with Crippen molar-refractivity contribution >= 4 is 6.21 Å². The molecule has 0 saturated carbocycles. The Hall–Kier alpha value is -2.87. The lowest BCUT2D eigenvalue weighted by molar-refractivity contribution is 0.452. The van der Waals surface area contributed by atoms with Gasteiger partial charge in [-0.1, -0.05) is 113 Å². The Morgan fingerprint density at radius 3 is 2.09 bits per heavy atom. The summed E-state index contributed by atoms with van der Waals surface area (Å²) in [7, 11) is 0. The maximum Gasteiger partial charge on any atom is 0.129 e. The maximum atomic E-state index is 11.5. The van der Waals surface area contributed by atoms with E-state index in [2.05, 4.69) is 71.0 Å². The topological polar surface area (TPSA) is 32.6 Å². The summed E-state index contributed by atoms with van der Waals surface area (Å²) >= 11 is 0. The van der Waals surface area contributed by atoms with E-state index in [9.17, 15) is 5.11 Å². The molecule has 32 heavy (non-hydrogen) atoms. The van der Waals surface area contributed by atoms with Crippen molar-refractivity contribution in [3.05, 3.63) is 89.5 Å². The van der Waals surface area contributed by atoms with Crippen molar-refractivity contribution in [3.63, 3.8) is 0 Å². The van der Waals surface area contributed by atoms with Gasteiger partial charge in [-0.25, -0.2) is 0 Å². The van der Waals surface area contributed by atoms with E-state index in [0.717, 1.165) is 34.6 Å². The molecule has 1 N–H and O–H groups in total. The van der Waals surface area contributed by atoms with Crippen molar-refractivity contribution in [1.82, 2.24) is 0 Å². The van der Waals surface area contributed by atoms with Crippen molar-refractivity contribution in [2.24, 2.45) is 10.9 Å². The molecule has 0 aliphatic carbocycles. The van der Waals surface area contributed by atoms with E-state index in [1.165, 1.54) is 18.4 Å². The summed E-state index contributed by atoms with van der Waals surface area (Å²) in [6.07, 6.45) is 5.35. The first kappa shape index (κ1) is 23.8. The number of phenols is 1. The molecule has 0 bridgehead atoms. The van der Waals surface area contributed by atoms with Gasteiger partial charge in [-0.2, -0.15) is 0 Å². The third kappa shape index (κ3) is 5.68. The van der Waals surface area contributed by atoms with Crippen LogP contribution in [0, 0.1) is 5.92 Å². The molecule has 0 heterocycles. The van der Waals surface area contributed by atoms with Crippen LogP contribution in [0.5, 0.6) is 5.75 Å². The monoisotopic (exact) mass is 427 g/mol. The number of hydrogen-bond donors (Lipinski definition) is 1. The van der Waals surface area contributed by atoms with Crippen LogP contribution in [0.2, 0.25) is 0 Å². The molecular weight excluding hydrogens is 390 g/mol. The zero-order valence-corrected chi connectivity index (χ0v) is 20.2. The number of nitrogens with zero attached hydrogens (tertiary/aromatic N) is 1. The van der Waals surface area contributed by atoms with Gasteiger partial charge in [-0.05, 0) is 36.0 Å². The van der Waals surface area contributed by atoms with Crippen molar-refractivity contribution in [3.8, 4) is 16.9 Å². The van der Waals surface area contributed by atoms with Gasteiger partial charge in [0.15, 0.2) is 0 Å². The summed E-state index contributed by atoms with van der Waals surface area (Å²) in [6.45, 7) is 11.0. The van der Waals surface area contributed by atoms with Gasteiger partial charge in [0.25, 0.3) is 0 Å². The molecule has 3 rings (SSSR count). The van der Waals surface area contributed by atoms with Crippen LogP contribution in [0.4, 0.5) is 0 Å². The Morgan fingerprint density at radius 2 is 1.47 bits per heavy atom. The zero-order valence-electron chi connectivity index (χ0n) is 20.2. The number of aliphatic imine (C=N–C) groups is 1. The molecule has 3 aromatic rings. The molecule has 0 radical (unpaired) electrons. The van der Waals surface area contributed by atoms with E-state index in [1.807, 2.05) is 42.6 Å². The van der Waals surface area contributed by atoms with E-state index in [4.69, 9.17) is 4.99 Å². The quantitative estimate of drug-likeness (QED) is 0.345. The average Bonchev–Trinajstić information content (AvgIpc) is 2.78. The van der Waals surface area contributed by atoms with Gasteiger partial charge in [0, 0.05) is 28.8 Å². The zero-order chi connectivity index (χ0) is 23.1. The van der Waals surface area contributed by atoms with Crippen LogP contribution in [0.25, 0.3) is 11.1 Å². The lowest BCUT2D eigenvalue weighted by atomic mass is 9.76. The molecule has 0 aromatic heterocycles. The van der Waals surface area contributed by atoms with E-state index < -0.39 is 0 Å². The minimum Gasteiger partial charge on any atom is -0.507 e. The predicted molar refractivity (Wildman–Crippen MR) is 138 cm³/mol. The first-order chi connectivity index (χ1) is 15.3. The second-order valence-electron chi connectivity index (χ2n) is 9.73. The molecule has 3 aromatic carbocycles. The van der Waals surface area contributed by atoms with Gasteiger partial charge < -0.3 is 5.11 Å². The molecule has 1 atom stereocenters. The van der Waals surface area contributed by atoms with Crippen molar-refractivity contribution in [1.29, 1.82) is 0 Å². The number of rotatable bonds is 9. The molecule has 0 amide bonds. The van der Waals surface area contributed by atoms with Gasteiger partial charge in [0.05, 0.1) is 0 Å². The summed E-state index contributed by atoms with van der Waals surface area (Å²) in [5.74, 6) is 1.04. The van der Waals surface area contributed by atoms with E-state index in [0.29, 0.717) is 5.75 Å². The van der Waals surface area contributed by atoms with Gasteiger partial charge >= 0.3 is 0 Å². The fourth-order valence-corrected chi connectivity index (χ4v) is 4.22.